The van der Waals surface area contributed by atoms with Gasteiger partial charge in [-0.3, -0.25) is 14.9 Å². The van der Waals surface area contributed by atoms with E-state index in [4.69, 9.17) is 4.74 Å². The highest BCUT2D eigenvalue weighted by Gasteiger charge is 2.28. The number of rotatable bonds is 3. The third-order valence-corrected chi connectivity index (χ3v) is 3.51. The first-order valence-corrected chi connectivity index (χ1v) is 6.60. The van der Waals surface area contributed by atoms with Crippen molar-refractivity contribution in [3.63, 3.8) is 0 Å². The van der Waals surface area contributed by atoms with Gasteiger partial charge in [0.2, 0.25) is 0 Å². The average molecular weight is 283 g/mol. The normalized spacial score (nSPS) is 15.6. The standard InChI is InChI=1S/C16H13NO4/c1-10(18)8-16-14-9-11(17(19)20)6-7-12(14)13-4-2-3-5-15(13)21-16/h2-7,9,16H,8H2,1H3. The number of nitrogens with zero attached hydrogens (tertiary/aromatic N) is 1. The van der Waals surface area contributed by atoms with E-state index in [0.29, 0.717) is 11.3 Å². The number of nitro benzene ring substituents is 1. The van der Waals surface area contributed by atoms with Crippen LogP contribution in [0.1, 0.15) is 25.0 Å². The molecule has 1 atom stereocenters. The minimum Gasteiger partial charge on any atom is -0.485 e. The molecule has 5 nitrogen and oxygen atoms in total. The van der Waals surface area contributed by atoms with Crippen LogP contribution in [-0.4, -0.2) is 10.7 Å². The van der Waals surface area contributed by atoms with E-state index in [-0.39, 0.29) is 17.9 Å². The maximum Gasteiger partial charge on any atom is 0.269 e. The first kappa shape index (κ1) is 13.3. The molecule has 0 bridgehead atoms. The molecule has 0 amide bonds. The predicted octanol–water partition coefficient (Wildman–Crippen LogP) is 3.67. The van der Waals surface area contributed by atoms with E-state index < -0.39 is 11.0 Å². The molecule has 0 aliphatic carbocycles. The molecule has 1 unspecified atom stereocenters. The van der Waals surface area contributed by atoms with Gasteiger partial charge < -0.3 is 4.74 Å². The van der Waals surface area contributed by atoms with Crippen LogP contribution in [0.4, 0.5) is 5.69 Å². The number of nitro groups is 1. The molecule has 0 radical (unpaired) electrons. The summed E-state index contributed by atoms with van der Waals surface area (Å²) in [6.07, 6.45) is -0.282. The number of benzene rings is 2. The van der Waals surface area contributed by atoms with E-state index in [0.717, 1.165) is 11.1 Å². The Bertz CT molecular complexity index is 739. The van der Waals surface area contributed by atoms with Crippen LogP contribution in [0.25, 0.3) is 11.1 Å². The summed E-state index contributed by atoms with van der Waals surface area (Å²) in [5, 5.41) is 11.0. The summed E-state index contributed by atoms with van der Waals surface area (Å²) in [6, 6.07) is 12.2. The largest absolute Gasteiger partial charge is 0.485 e. The summed E-state index contributed by atoms with van der Waals surface area (Å²) in [5.41, 5.74) is 2.47. The Morgan fingerprint density at radius 2 is 2.00 bits per heavy atom. The van der Waals surface area contributed by atoms with Crippen molar-refractivity contribution in [2.24, 2.45) is 0 Å². The second-order valence-corrected chi connectivity index (χ2v) is 5.04. The molecule has 0 spiro atoms. The number of carbonyl (C=O) groups excluding carboxylic acids is 1. The molecule has 21 heavy (non-hydrogen) atoms. The lowest BCUT2D eigenvalue weighted by molar-refractivity contribution is -0.385. The summed E-state index contributed by atoms with van der Waals surface area (Å²) < 4.78 is 5.86. The fourth-order valence-electron chi connectivity index (χ4n) is 2.60. The Hall–Kier alpha value is -2.69. The van der Waals surface area contributed by atoms with Gasteiger partial charge in [0, 0.05) is 29.7 Å². The van der Waals surface area contributed by atoms with Gasteiger partial charge in [-0.2, -0.15) is 0 Å². The zero-order valence-corrected chi connectivity index (χ0v) is 11.4. The lowest BCUT2D eigenvalue weighted by Crippen LogP contribution is -2.17. The van der Waals surface area contributed by atoms with Gasteiger partial charge >= 0.3 is 0 Å². The van der Waals surface area contributed by atoms with Crippen LogP contribution in [0.2, 0.25) is 0 Å². The monoisotopic (exact) mass is 283 g/mol. The Balaban J connectivity index is 2.17. The van der Waals surface area contributed by atoms with Crippen LogP contribution in [0.15, 0.2) is 42.5 Å². The van der Waals surface area contributed by atoms with E-state index >= 15 is 0 Å². The number of fused-ring (bicyclic) bond motifs is 3. The molecule has 106 valence electrons. The van der Waals surface area contributed by atoms with Crippen LogP contribution in [-0.2, 0) is 4.79 Å². The number of non-ortho nitro benzene ring substituents is 1. The summed E-state index contributed by atoms with van der Waals surface area (Å²) in [6.45, 7) is 1.49. The van der Waals surface area contributed by atoms with Crippen LogP contribution < -0.4 is 4.74 Å². The topological polar surface area (TPSA) is 69.4 Å². The molecular formula is C16H13NO4. The van der Waals surface area contributed by atoms with E-state index in [9.17, 15) is 14.9 Å². The maximum absolute atomic E-state index is 11.4. The lowest BCUT2D eigenvalue weighted by Gasteiger charge is -2.28. The zero-order valence-electron chi connectivity index (χ0n) is 11.4. The van der Waals surface area contributed by atoms with Gasteiger partial charge in [-0.25, -0.2) is 0 Å². The van der Waals surface area contributed by atoms with Gasteiger partial charge in [-0.1, -0.05) is 18.2 Å². The molecule has 0 fully saturated rings. The van der Waals surface area contributed by atoms with Crippen molar-refractivity contribution in [2.75, 3.05) is 0 Å². The highest BCUT2D eigenvalue weighted by atomic mass is 16.6. The van der Waals surface area contributed by atoms with E-state index in [1.165, 1.54) is 19.1 Å². The number of hydrogen-bond donors (Lipinski definition) is 0. The molecule has 1 heterocycles. The van der Waals surface area contributed by atoms with E-state index in [1.807, 2.05) is 24.3 Å². The highest BCUT2D eigenvalue weighted by molar-refractivity contribution is 5.80. The molecule has 0 aromatic heterocycles. The van der Waals surface area contributed by atoms with Gasteiger partial charge in [-0.15, -0.1) is 0 Å². The highest BCUT2D eigenvalue weighted by Crippen LogP contribution is 2.44. The average Bonchev–Trinajstić information content (AvgIpc) is 2.46. The van der Waals surface area contributed by atoms with Crippen LogP contribution in [0, 0.1) is 10.1 Å². The number of ether oxygens (including phenoxy) is 1. The van der Waals surface area contributed by atoms with E-state index in [2.05, 4.69) is 0 Å². The molecule has 0 saturated carbocycles. The Labute approximate surface area is 121 Å². The number of carbonyl (C=O) groups is 1. The second kappa shape index (κ2) is 5.01. The summed E-state index contributed by atoms with van der Waals surface area (Å²) in [4.78, 5) is 22.0. The lowest BCUT2D eigenvalue weighted by atomic mass is 9.90. The number of para-hydroxylation sites is 1. The number of hydrogen-bond acceptors (Lipinski definition) is 4. The fraction of sp³-hybridized carbons (Fsp3) is 0.188. The van der Waals surface area contributed by atoms with Crippen molar-refractivity contribution in [3.8, 4) is 16.9 Å². The van der Waals surface area contributed by atoms with E-state index in [1.54, 1.807) is 6.07 Å². The van der Waals surface area contributed by atoms with Gasteiger partial charge in [0.1, 0.15) is 17.6 Å². The molecule has 0 saturated heterocycles. The minimum absolute atomic E-state index is 0.00489. The van der Waals surface area contributed by atoms with Crippen molar-refractivity contribution in [2.45, 2.75) is 19.4 Å². The van der Waals surface area contributed by atoms with Gasteiger partial charge in [0.05, 0.1) is 4.92 Å². The molecule has 3 rings (SSSR count). The Morgan fingerprint density at radius 1 is 1.24 bits per heavy atom. The third-order valence-electron chi connectivity index (χ3n) is 3.51. The van der Waals surface area contributed by atoms with Gasteiger partial charge in [-0.05, 0) is 24.6 Å². The SMILES string of the molecule is CC(=O)CC1Oc2ccccc2-c2ccc([N+](=O)[O-])cc21. The Kier molecular flexibility index (Phi) is 3.17. The summed E-state index contributed by atoms with van der Waals surface area (Å²) in [7, 11) is 0. The quantitative estimate of drug-likeness (QED) is 0.636. The first-order valence-electron chi connectivity index (χ1n) is 6.60. The third kappa shape index (κ3) is 2.38. The van der Waals surface area contributed by atoms with Crippen LogP contribution >= 0.6 is 0 Å². The van der Waals surface area contributed by atoms with Crippen molar-refractivity contribution >= 4 is 11.5 Å². The van der Waals surface area contributed by atoms with Gasteiger partial charge in [0.15, 0.2) is 0 Å². The fourth-order valence-corrected chi connectivity index (χ4v) is 2.60. The maximum atomic E-state index is 11.4. The van der Waals surface area contributed by atoms with Gasteiger partial charge in [0.25, 0.3) is 5.69 Å². The smallest absolute Gasteiger partial charge is 0.269 e. The predicted molar refractivity (Wildman–Crippen MR) is 77.2 cm³/mol. The first-order chi connectivity index (χ1) is 10.1. The van der Waals surface area contributed by atoms with Crippen molar-refractivity contribution in [1.29, 1.82) is 0 Å². The number of ketones is 1. The van der Waals surface area contributed by atoms with Crippen molar-refractivity contribution < 1.29 is 14.5 Å². The molecule has 5 heteroatoms. The molecule has 2 aromatic rings. The zero-order chi connectivity index (χ0) is 15.0. The minimum atomic E-state index is -0.479. The van der Waals surface area contributed by atoms with Crippen molar-refractivity contribution in [3.05, 3.63) is 58.1 Å². The summed E-state index contributed by atoms with van der Waals surface area (Å²) >= 11 is 0. The van der Waals surface area contributed by atoms with Crippen LogP contribution in [0.5, 0.6) is 5.75 Å². The Morgan fingerprint density at radius 3 is 2.71 bits per heavy atom. The molecule has 1 aliphatic rings. The van der Waals surface area contributed by atoms with Crippen LogP contribution in [0.3, 0.4) is 0 Å². The molecule has 0 N–H and O–H groups in total. The second-order valence-electron chi connectivity index (χ2n) is 5.04. The molecule has 1 aliphatic heterocycles. The molecular weight excluding hydrogens is 270 g/mol. The van der Waals surface area contributed by atoms with Crippen molar-refractivity contribution in [1.82, 2.24) is 0 Å². The summed E-state index contributed by atoms with van der Waals surface area (Å²) in [5.74, 6) is 0.682. The number of Topliss-reactive ketones (excluding diaryl/α,β-unsaturated/α-hetero) is 1. The molecule has 2 aromatic carbocycles.